The van der Waals surface area contributed by atoms with Gasteiger partial charge in [0.2, 0.25) is 0 Å². The molecule has 1 aromatic carbocycles. The van der Waals surface area contributed by atoms with Gasteiger partial charge in [-0.1, -0.05) is 35.1 Å². The van der Waals surface area contributed by atoms with Gasteiger partial charge in [0, 0.05) is 46.4 Å². The van der Waals surface area contributed by atoms with Gasteiger partial charge in [0.05, 0.1) is 5.69 Å². The average molecular weight is 304 g/mol. The topological polar surface area (TPSA) is 29.3 Å². The fourth-order valence-corrected chi connectivity index (χ4v) is 4.14. The first kappa shape index (κ1) is 12.4. The van der Waals surface area contributed by atoms with Crippen molar-refractivity contribution in [2.24, 2.45) is 0 Å². The monoisotopic (exact) mass is 303 g/mol. The molecule has 0 bridgehead atoms. The lowest BCUT2D eigenvalue weighted by Gasteiger charge is -2.13. The highest BCUT2D eigenvalue weighted by molar-refractivity contribution is 7.17. The van der Waals surface area contributed by atoms with E-state index in [1.165, 1.54) is 16.3 Å². The van der Waals surface area contributed by atoms with Crippen molar-refractivity contribution in [2.45, 2.75) is 19.9 Å². The summed E-state index contributed by atoms with van der Waals surface area (Å²) in [7, 11) is 0. The fraction of sp³-hybridized carbons (Fsp3) is 0.267. The Kier molecular flexibility index (Phi) is 2.84. The number of hydrogen-bond acceptors (Lipinski definition) is 3. The van der Waals surface area contributed by atoms with Gasteiger partial charge >= 0.3 is 0 Å². The van der Waals surface area contributed by atoms with Crippen LogP contribution in [0, 0.1) is 6.92 Å². The van der Waals surface area contributed by atoms with Crippen LogP contribution < -0.4 is 5.32 Å². The van der Waals surface area contributed by atoms with E-state index in [0.717, 1.165) is 40.8 Å². The Labute approximate surface area is 126 Å². The average Bonchev–Trinajstić information content (AvgIpc) is 2.97. The summed E-state index contributed by atoms with van der Waals surface area (Å²) in [6.45, 7) is 4.17. The molecule has 102 valence electrons. The SMILES string of the molecule is Cc1c(-c2ccc(Cl)cc2)nc2sc3c(n12)CCNC3. The van der Waals surface area contributed by atoms with E-state index in [9.17, 15) is 0 Å². The fourth-order valence-electron chi connectivity index (χ4n) is 2.84. The Morgan fingerprint density at radius 3 is 2.90 bits per heavy atom. The van der Waals surface area contributed by atoms with Gasteiger partial charge in [0.25, 0.3) is 0 Å². The van der Waals surface area contributed by atoms with Gasteiger partial charge in [-0.2, -0.15) is 0 Å². The molecule has 0 atom stereocenters. The summed E-state index contributed by atoms with van der Waals surface area (Å²) in [5.41, 5.74) is 4.84. The number of thiazole rings is 1. The molecule has 3 aromatic rings. The van der Waals surface area contributed by atoms with E-state index in [-0.39, 0.29) is 0 Å². The number of imidazole rings is 1. The van der Waals surface area contributed by atoms with Crippen LogP contribution in [0.5, 0.6) is 0 Å². The number of benzene rings is 1. The van der Waals surface area contributed by atoms with Gasteiger partial charge in [-0.05, 0) is 19.1 Å². The zero-order valence-electron chi connectivity index (χ0n) is 11.1. The van der Waals surface area contributed by atoms with Crippen LogP contribution in [0.25, 0.3) is 16.2 Å². The van der Waals surface area contributed by atoms with Crippen LogP contribution in [0.1, 0.15) is 16.3 Å². The van der Waals surface area contributed by atoms with E-state index in [1.807, 2.05) is 24.3 Å². The summed E-state index contributed by atoms with van der Waals surface area (Å²) in [5, 5.41) is 4.18. The molecule has 0 radical (unpaired) electrons. The largest absolute Gasteiger partial charge is 0.311 e. The third-order valence-electron chi connectivity index (χ3n) is 3.82. The van der Waals surface area contributed by atoms with E-state index < -0.39 is 0 Å². The second-order valence-electron chi connectivity index (χ2n) is 5.07. The lowest BCUT2D eigenvalue weighted by Crippen LogP contribution is -2.23. The first-order chi connectivity index (χ1) is 9.74. The Morgan fingerprint density at radius 1 is 1.30 bits per heavy atom. The Balaban J connectivity index is 1.91. The van der Waals surface area contributed by atoms with Crippen LogP contribution >= 0.6 is 22.9 Å². The normalized spacial score (nSPS) is 14.7. The number of rotatable bonds is 1. The van der Waals surface area contributed by atoms with Gasteiger partial charge in [-0.15, -0.1) is 0 Å². The quantitative estimate of drug-likeness (QED) is 0.743. The number of aromatic nitrogens is 2. The lowest BCUT2D eigenvalue weighted by molar-refractivity contribution is 0.636. The highest BCUT2D eigenvalue weighted by Gasteiger charge is 2.20. The van der Waals surface area contributed by atoms with E-state index in [0.29, 0.717) is 0 Å². The molecule has 1 aliphatic heterocycles. The Bertz CT molecular complexity index is 786. The van der Waals surface area contributed by atoms with Crippen LogP contribution in [0.15, 0.2) is 24.3 Å². The number of nitrogens with zero attached hydrogens (tertiary/aromatic N) is 2. The van der Waals surface area contributed by atoms with Gasteiger partial charge < -0.3 is 5.32 Å². The maximum atomic E-state index is 5.96. The lowest BCUT2D eigenvalue weighted by atomic mass is 10.1. The molecule has 1 aliphatic rings. The summed E-state index contributed by atoms with van der Waals surface area (Å²) >= 11 is 7.76. The molecule has 0 amide bonds. The van der Waals surface area contributed by atoms with Crippen LogP contribution in [-0.4, -0.2) is 15.9 Å². The Hall–Kier alpha value is -1.36. The van der Waals surface area contributed by atoms with Crippen molar-refractivity contribution < 1.29 is 0 Å². The van der Waals surface area contributed by atoms with Gasteiger partial charge in [0.1, 0.15) is 0 Å². The molecule has 1 N–H and O–H groups in total. The minimum atomic E-state index is 0.760. The van der Waals surface area contributed by atoms with Crippen molar-refractivity contribution in [3.63, 3.8) is 0 Å². The van der Waals surface area contributed by atoms with Crippen molar-refractivity contribution in [1.82, 2.24) is 14.7 Å². The van der Waals surface area contributed by atoms with Crippen LogP contribution in [0.2, 0.25) is 5.02 Å². The predicted molar refractivity (Wildman–Crippen MR) is 83.7 cm³/mol. The van der Waals surface area contributed by atoms with Crippen LogP contribution in [-0.2, 0) is 13.0 Å². The molecule has 0 unspecified atom stereocenters. The molecular formula is C15H14ClN3S. The number of nitrogens with one attached hydrogen (secondary N) is 1. The summed E-state index contributed by atoms with van der Waals surface area (Å²) in [6.07, 6.45) is 1.08. The molecule has 2 aromatic heterocycles. The number of hydrogen-bond donors (Lipinski definition) is 1. The molecule has 5 heteroatoms. The molecule has 20 heavy (non-hydrogen) atoms. The summed E-state index contributed by atoms with van der Waals surface area (Å²) in [5.74, 6) is 0. The highest BCUT2D eigenvalue weighted by Crippen LogP contribution is 2.32. The van der Waals surface area contributed by atoms with E-state index in [1.54, 1.807) is 11.3 Å². The third kappa shape index (κ3) is 1.79. The van der Waals surface area contributed by atoms with Gasteiger partial charge in [0.15, 0.2) is 4.96 Å². The maximum Gasteiger partial charge on any atom is 0.194 e. The number of fused-ring (bicyclic) bond motifs is 3. The van der Waals surface area contributed by atoms with Crippen molar-refractivity contribution in [3.8, 4) is 11.3 Å². The minimum Gasteiger partial charge on any atom is -0.311 e. The van der Waals surface area contributed by atoms with Crippen molar-refractivity contribution in [1.29, 1.82) is 0 Å². The van der Waals surface area contributed by atoms with Crippen molar-refractivity contribution in [2.75, 3.05) is 6.54 Å². The number of aryl methyl sites for hydroxylation is 1. The zero-order valence-corrected chi connectivity index (χ0v) is 12.7. The first-order valence-corrected chi connectivity index (χ1v) is 7.90. The molecular weight excluding hydrogens is 290 g/mol. The molecule has 3 heterocycles. The van der Waals surface area contributed by atoms with E-state index >= 15 is 0 Å². The predicted octanol–water partition coefficient (Wildman–Crippen LogP) is 3.67. The van der Waals surface area contributed by atoms with Crippen LogP contribution in [0.4, 0.5) is 0 Å². The van der Waals surface area contributed by atoms with Gasteiger partial charge in [-0.25, -0.2) is 4.98 Å². The summed E-state index contributed by atoms with van der Waals surface area (Å²) < 4.78 is 2.32. The standard InChI is InChI=1S/C15H14ClN3S/c1-9-14(10-2-4-11(16)5-3-10)18-15-19(9)12-6-7-17-8-13(12)20-15/h2-5,17H,6-8H2,1H3. The summed E-state index contributed by atoms with van der Waals surface area (Å²) in [4.78, 5) is 7.35. The highest BCUT2D eigenvalue weighted by atomic mass is 35.5. The van der Waals surface area contributed by atoms with Gasteiger partial charge in [-0.3, -0.25) is 4.40 Å². The second-order valence-corrected chi connectivity index (χ2v) is 6.57. The zero-order chi connectivity index (χ0) is 13.7. The summed E-state index contributed by atoms with van der Waals surface area (Å²) in [6, 6.07) is 7.91. The molecule has 0 aliphatic carbocycles. The number of halogens is 1. The molecule has 0 saturated heterocycles. The van der Waals surface area contributed by atoms with Crippen molar-refractivity contribution in [3.05, 3.63) is 45.6 Å². The maximum absolute atomic E-state index is 5.96. The first-order valence-electron chi connectivity index (χ1n) is 6.70. The van der Waals surface area contributed by atoms with Crippen molar-refractivity contribution >= 4 is 27.9 Å². The minimum absolute atomic E-state index is 0.760. The van der Waals surface area contributed by atoms with E-state index in [4.69, 9.17) is 16.6 Å². The molecule has 0 saturated carbocycles. The second kappa shape index (κ2) is 4.58. The molecule has 3 nitrogen and oxygen atoms in total. The molecule has 0 spiro atoms. The third-order valence-corrected chi connectivity index (χ3v) is 5.16. The van der Waals surface area contributed by atoms with Crippen LogP contribution in [0.3, 0.4) is 0 Å². The Morgan fingerprint density at radius 2 is 2.10 bits per heavy atom. The molecule has 0 fully saturated rings. The molecule has 4 rings (SSSR count). The smallest absolute Gasteiger partial charge is 0.194 e. The van der Waals surface area contributed by atoms with E-state index in [2.05, 4.69) is 16.6 Å².